The van der Waals surface area contributed by atoms with Gasteiger partial charge >= 0.3 is 0 Å². The molecule has 1 aliphatic heterocycles. The lowest BCUT2D eigenvalue weighted by atomic mass is 10.2. The lowest BCUT2D eigenvalue weighted by molar-refractivity contribution is 0.0858. The molecule has 1 saturated heterocycles. The summed E-state index contributed by atoms with van der Waals surface area (Å²) in [5.41, 5.74) is 0.771. The Labute approximate surface area is 177 Å². The minimum absolute atomic E-state index is 0.0809. The molecule has 4 rings (SSSR count). The van der Waals surface area contributed by atoms with E-state index in [9.17, 15) is 14.0 Å². The van der Waals surface area contributed by atoms with Crippen LogP contribution in [0.15, 0.2) is 75.4 Å². The second kappa shape index (κ2) is 9.23. The van der Waals surface area contributed by atoms with Gasteiger partial charge in [-0.15, -0.1) is 0 Å². The van der Waals surface area contributed by atoms with Crippen molar-refractivity contribution < 1.29 is 13.9 Å². The number of amides is 1. The second-order valence-corrected chi connectivity index (χ2v) is 7.96. The van der Waals surface area contributed by atoms with E-state index in [2.05, 4.69) is 10.4 Å². The van der Waals surface area contributed by atoms with Gasteiger partial charge in [-0.25, -0.2) is 4.39 Å². The number of nitrogens with one attached hydrogen (secondary N) is 1. The Kier molecular flexibility index (Phi) is 6.25. The molecule has 2 aromatic carbocycles. The summed E-state index contributed by atoms with van der Waals surface area (Å²) in [5, 5.41) is 7.85. The summed E-state index contributed by atoms with van der Waals surface area (Å²) in [6.45, 7) is 1.24. The normalized spacial score (nSPS) is 15.8. The number of carbonyl (C=O) groups is 1. The molecule has 154 valence electrons. The van der Waals surface area contributed by atoms with E-state index >= 15 is 0 Å². The van der Waals surface area contributed by atoms with Gasteiger partial charge in [-0.3, -0.25) is 9.59 Å². The molecule has 1 amide bonds. The molecule has 0 saturated carbocycles. The Morgan fingerprint density at radius 1 is 1.13 bits per heavy atom. The predicted octanol–water partition coefficient (Wildman–Crippen LogP) is 3.43. The van der Waals surface area contributed by atoms with E-state index < -0.39 is 0 Å². The van der Waals surface area contributed by atoms with Gasteiger partial charge in [0.15, 0.2) is 0 Å². The highest BCUT2D eigenvalue weighted by Gasteiger charge is 2.16. The van der Waals surface area contributed by atoms with Crippen LogP contribution in [0.2, 0.25) is 0 Å². The first-order chi connectivity index (χ1) is 14.6. The van der Waals surface area contributed by atoms with E-state index in [1.807, 2.05) is 0 Å². The molecule has 1 N–H and O–H groups in total. The van der Waals surface area contributed by atoms with Gasteiger partial charge in [0.2, 0.25) is 0 Å². The van der Waals surface area contributed by atoms with Crippen LogP contribution in [0.1, 0.15) is 23.2 Å². The van der Waals surface area contributed by atoms with Crippen LogP contribution in [0.25, 0.3) is 5.69 Å². The largest absolute Gasteiger partial charge is 0.376 e. The van der Waals surface area contributed by atoms with E-state index in [1.165, 1.54) is 34.6 Å². The Morgan fingerprint density at radius 2 is 1.90 bits per heavy atom. The molecule has 8 heteroatoms. The molecule has 0 aliphatic carbocycles. The van der Waals surface area contributed by atoms with Crippen molar-refractivity contribution in [3.8, 4) is 5.69 Å². The van der Waals surface area contributed by atoms with Crippen molar-refractivity contribution >= 4 is 17.7 Å². The molecule has 1 aliphatic rings. The molecule has 1 aromatic heterocycles. The number of halogens is 1. The average Bonchev–Trinajstić information content (AvgIpc) is 3.29. The van der Waals surface area contributed by atoms with Crippen LogP contribution in [-0.2, 0) is 4.74 Å². The molecule has 0 radical (unpaired) electrons. The van der Waals surface area contributed by atoms with E-state index in [0.717, 1.165) is 24.3 Å². The molecule has 0 bridgehead atoms. The number of nitrogens with zero attached hydrogens (tertiary/aromatic N) is 2. The Morgan fingerprint density at radius 3 is 2.60 bits per heavy atom. The third-order valence-corrected chi connectivity index (χ3v) is 5.63. The Balaban J connectivity index is 1.47. The molecule has 30 heavy (non-hydrogen) atoms. The van der Waals surface area contributed by atoms with E-state index in [4.69, 9.17) is 4.74 Å². The molecule has 2 heterocycles. The highest BCUT2D eigenvalue weighted by molar-refractivity contribution is 7.99. The average molecular weight is 425 g/mol. The molecular weight excluding hydrogens is 405 g/mol. The number of carbonyl (C=O) groups excluding carboxylic acids is 1. The van der Waals surface area contributed by atoms with Crippen LogP contribution >= 0.6 is 11.8 Å². The minimum Gasteiger partial charge on any atom is -0.376 e. The van der Waals surface area contributed by atoms with Crippen molar-refractivity contribution in [3.05, 3.63) is 82.4 Å². The van der Waals surface area contributed by atoms with Crippen LogP contribution in [0.4, 0.5) is 4.39 Å². The fraction of sp³-hybridized carbons (Fsp3) is 0.227. The molecule has 0 spiro atoms. The summed E-state index contributed by atoms with van der Waals surface area (Å²) >= 11 is 1.33. The molecule has 3 aromatic rings. The number of benzene rings is 2. The van der Waals surface area contributed by atoms with Crippen molar-refractivity contribution in [1.82, 2.24) is 15.1 Å². The summed E-state index contributed by atoms with van der Waals surface area (Å²) in [6.07, 6.45) is 2.06. The zero-order valence-corrected chi connectivity index (χ0v) is 16.9. The third-order valence-electron chi connectivity index (χ3n) is 4.70. The molecular formula is C22H20FN3O3S. The summed E-state index contributed by atoms with van der Waals surface area (Å²) in [5.74, 6) is -0.491. The number of hydrogen-bond acceptors (Lipinski definition) is 5. The topological polar surface area (TPSA) is 73.2 Å². The maximum atomic E-state index is 13.1. The lowest BCUT2D eigenvalue weighted by Crippen LogP contribution is -2.31. The summed E-state index contributed by atoms with van der Waals surface area (Å²) < 4.78 is 19.9. The van der Waals surface area contributed by atoms with Gasteiger partial charge in [0.25, 0.3) is 11.5 Å². The van der Waals surface area contributed by atoms with Crippen molar-refractivity contribution in [2.45, 2.75) is 28.9 Å². The maximum Gasteiger partial charge on any atom is 0.271 e. The molecule has 1 fully saturated rings. The third kappa shape index (κ3) is 4.95. The lowest BCUT2D eigenvalue weighted by Gasteiger charge is -2.11. The molecule has 1 unspecified atom stereocenters. The first kappa shape index (κ1) is 20.3. The van der Waals surface area contributed by atoms with Crippen LogP contribution in [0.3, 0.4) is 0 Å². The molecule has 6 nitrogen and oxygen atoms in total. The van der Waals surface area contributed by atoms with Gasteiger partial charge in [0.1, 0.15) is 10.8 Å². The van der Waals surface area contributed by atoms with Crippen molar-refractivity contribution in [3.63, 3.8) is 0 Å². The summed E-state index contributed by atoms with van der Waals surface area (Å²) in [6, 6.07) is 15.8. The minimum atomic E-state index is -0.308. The fourth-order valence-corrected chi connectivity index (χ4v) is 3.90. The SMILES string of the molecule is O=C(NCC1CCCO1)c1ccc(-n2nc(Sc3ccc(F)cc3)ccc2=O)cc1. The Hall–Kier alpha value is -2.97. The number of rotatable bonds is 6. The zero-order valence-electron chi connectivity index (χ0n) is 16.1. The standard InChI is InChI=1S/C22H20FN3O3S/c23-16-5-9-19(10-6-16)30-20-11-12-21(27)26(25-20)17-7-3-15(4-8-17)22(28)24-14-18-2-1-13-29-18/h3-12,18H,1-2,13-14H2,(H,24,28). The maximum absolute atomic E-state index is 13.1. The van der Waals surface area contributed by atoms with E-state index in [0.29, 0.717) is 22.8 Å². The first-order valence-corrected chi connectivity index (χ1v) is 10.4. The predicted molar refractivity (Wildman–Crippen MR) is 112 cm³/mol. The monoisotopic (exact) mass is 425 g/mol. The highest BCUT2D eigenvalue weighted by Crippen LogP contribution is 2.25. The summed E-state index contributed by atoms with van der Waals surface area (Å²) in [4.78, 5) is 25.4. The van der Waals surface area contributed by atoms with Gasteiger partial charge in [-0.05, 0) is 67.4 Å². The van der Waals surface area contributed by atoms with E-state index in [-0.39, 0.29) is 23.4 Å². The van der Waals surface area contributed by atoms with E-state index in [1.54, 1.807) is 42.5 Å². The molecule has 1 atom stereocenters. The van der Waals surface area contributed by atoms with Crippen LogP contribution in [-0.4, -0.2) is 34.9 Å². The fourth-order valence-electron chi connectivity index (χ4n) is 3.13. The van der Waals surface area contributed by atoms with Gasteiger partial charge in [-0.2, -0.15) is 9.78 Å². The highest BCUT2D eigenvalue weighted by atomic mass is 32.2. The van der Waals surface area contributed by atoms with Gasteiger partial charge in [-0.1, -0.05) is 11.8 Å². The number of aromatic nitrogens is 2. The number of hydrogen-bond donors (Lipinski definition) is 1. The first-order valence-electron chi connectivity index (χ1n) is 9.62. The second-order valence-electron chi connectivity index (χ2n) is 6.87. The van der Waals surface area contributed by atoms with Gasteiger partial charge < -0.3 is 10.1 Å². The van der Waals surface area contributed by atoms with Crippen LogP contribution < -0.4 is 10.9 Å². The van der Waals surface area contributed by atoms with Crippen molar-refractivity contribution in [1.29, 1.82) is 0 Å². The zero-order chi connectivity index (χ0) is 20.9. The van der Waals surface area contributed by atoms with Crippen LogP contribution in [0, 0.1) is 5.82 Å². The van der Waals surface area contributed by atoms with Crippen molar-refractivity contribution in [2.75, 3.05) is 13.2 Å². The quantitative estimate of drug-likeness (QED) is 0.655. The number of ether oxygens (including phenoxy) is 1. The van der Waals surface area contributed by atoms with Crippen LogP contribution in [0.5, 0.6) is 0 Å². The summed E-state index contributed by atoms with van der Waals surface area (Å²) in [7, 11) is 0. The van der Waals surface area contributed by atoms with Crippen molar-refractivity contribution in [2.24, 2.45) is 0 Å². The Bertz CT molecular complexity index is 1080. The van der Waals surface area contributed by atoms with Gasteiger partial charge in [0.05, 0.1) is 11.8 Å². The smallest absolute Gasteiger partial charge is 0.271 e. The van der Waals surface area contributed by atoms with Gasteiger partial charge in [0, 0.05) is 29.7 Å².